The number of thiazole rings is 1. The molecule has 1 amide bonds. The Hall–Kier alpha value is -0.940. The van der Waals surface area contributed by atoms with E-state index in [-0.39, 0.29) is 5.91 Å². The largest absolute Gasteiger partial charge is 0.356 e. The highest BCUT2D eigenvalue weighted by molar-refractivity contribution is 7.09. The van der Waals surface area contributed by atoms with E-state index in [2.05, 4.69) is 29.5 Å². The van der Waals surface area contributed by atoms with Gasteiger partial charge in [-0.15, -0.1) is 11.3 Å². The Bertz CT molecular complexity index is 363. The van der Waals surface area contributed by atoms with Gasteiger partial charge in [0, 0.05) is 36.5 Å². The summed E-state index contributed by atoms with van der Waals surface area (Å²) in [6.45, 7) is 7.78. The molecule has 0 saturated carbocycles. The van der Waals surface area contributed by atoms with Crippen LogP contribution < -0.4 is 10.6 Å². The number of amides is 1. The van der Waals surface area contributed by atoms with E-state index in [1.807, 2.05) is 12.3 Å². The fourth-order valence-corrected chi connectivity index (χ4v) is 2.33. The van der Waals surface area contributed by atoms with Crippen LogP contribution in [-0.4, -0.2) is 30.0 Å². The minimum Gasteiger partial charge on any atom is -0.356 e. The molecule has 0 unspecified atom stereocenters. The van der Waals surface area contributed by atoms with Gasteiger partial charge in [0.15, 0.2) is 0 Å². The standard InChI is InChI=1S/C13H23N3OS/c1-10(2)14-7-4-5-12(17)15-8-6-13-16-11(3)9-18-13/h9-10,14H,4-8H2,1-3H3,(H,15,17). The van der Waals surface area contributed by atoms with Crippen LogP contribution in [0.5, 0.6) is 0 Å². The number of hydrogen-bond donors (Lipinski definition) is 2. The van der Waals surface area contributed by atoms with Crippen LogP contribution in [0.15, 0.2) is 5.38 Å². The van der Waals surface area contributed by atoms with Crippen LogP contribution in [0.4, 0.5) is 0 Å². The third-order valence-electron chi connectivity index (χ3n) is 2.46. The maximum Gasteiger partial charge on any atom is 0.220 e. The van der Waals surface area contributed by atoms with Crippen LogP contribution >= 0.6 is 11.3 Å². The van der Waals surface area contributed by atoms with E-state index >= 15 is 0 Å². The molecule has 102 valence electrons. The van der Waals surface area contributed by atoms with Gasteiger partial charge in [0.2, 0.25) is 5.91 Å². The Kier molecular flexibility index (Phi) is 6.90. The number of carbonyl (C=O) groups excluding carboxylic acids is 1. The number of carbonyl (C=O) groups is 1. The molecule has 2 N–H and O–H groups in total. The molecular weight excluding hydrogens is 246 g/mol. The van der Waals surface area contributed by atoms with E-state index in [4.69, 9.17) is 0 Å². The molecule has 5 heteroatoms. The monoisotopic (exact) mass is 269 g/mol. The molecule has 0 aliphatic heterocycles. The predicted octanol–water partition coefficient (Wildman–Crippen LogP) is 1.89. The van der Waals surface area contributed by atoms with E-state index in [1.54, 1.807) is 11.3 Å². The van der Waals surface area contributed by atoms with Crippen molar-refractivity contribution < 1.29 is 4.79 Å². The summed E-state index contributed by atoms with van der Waals surface area (Å²) in [5.74, 6) is 0.133. The number of rotatable bonds is 8. The fraction of sp³-hybridized carbons (Fsp3) is 0.692. The van der Waals surface area contributed by atoms with Crippen molar-refractivity contribution in [2.45, 2.75) is 46.1 Å². The smallest absolute Gasteiger partial charge is 0.220 e. The quantitative estimate of drug-likeness (QED) is 0.709. The molecule has 0 atom stereocenters. The minimum atomic E-state index is 0.133. The molecular formula is C13H23N3OS. The summed E-state index contributed by atoms with van der Waals surface area (Å²) < 4.78 is 0. The van der Waals surface area contributed by atoms with Crippen molar-refractivity contribution in [2.75, 3.05) is 13.1 Å². The molecule has 0 bridgehead atoms. The molecule has 0 saturated heterocycles. The van der Waals surface area contributed by atoms with Gasteiger partial charge in [-0.3, -0.25) is 4.79 Å². The second kappa shape index (κ2) is 8.21. The minimum absolute atomic E-state index is 0.133. The Labute approximate surface area is 113 Å². The lowest BCUT2D eigenvalue weighted by atomic mass is 10.2. The van der Waals surface area contributed by atoms with E-state index in [0.29, 0.717) is 19.0 Å². The Morgan fingerprint density at radius 1 is 1.44 bits per heavy atom. The third kappa shape index (κ3) is 6.71. The van der Waals surface area contributed by atoms with Gasteiger partial charge in [0.05, 0.1) is 5.01 Å². The van der Waals surface area contributed by atoms with Crippen molar-refractivity contribution in [3.05, 3.63) is 16.1 Å². The van der Waals surface area contributed by atoms with E-state index in [1.165, 1.54) is 0 Å². The van der Waals surface area contributed by atoms with E-state index in [0.717, 1.165) is 30.1 Å². The van der Waals surface area contributed by atoms with Gasteiger partial charge >= 0.3 is 0 Å². The average Bonchev–Trinajstić information content (AvgIpc) is 2.70. The highest BCUT2D eigenvalue weighted by atomic mass is 32.1. The summed E-state index contributed by atoms with van der Waals surface area (Å²) in [5.41, 5.74) is 1.06. The number of nitrogens with zero attached hydrogens (tertiary/aromatic N) is 1. The van der Waals surface area contributed by atoms with E-state index in [9.17, 15) is 4.79 Å². The molecule has 1 aromatic heterocycles. The molecule has 18 heavy (non-hydrogen) atoms. The van der Waals surface area contributed by atoms with Gasteiger partial charge in [-0.25, -0.2) is 4.98 Å². The normalized spacial score (nSPS) is 10.9. The fourth-order valence-electron chi connectivity index (χ4n) is 1.55. The summed E-state index contributed by atoms with van der Waals surface area (Å²) in [6, 6.07) is 0.487. The van der Waals surface area contributed by atoms with Crippen LogP contribution in [0.3, 0.4) is 0 Å². The highest BCUT2D eigenvalue weighted by Crippen LogP contribution is 2.08. The maximum absolute atomic E-state index is 11.5. The first kappa shape index (κ1) is 15.1. The van der Waals surface area contributed by atoms with Crippen LogP contribution in [-0.2, 0) is 11.2 Å². The summed E-state index contributed by atoms with van der Waals surface area (Å²) in [4.78, 5) is 15.9. The van der Waals surface area contributed by atoms with Crippen LogP contribution in [0.25, 0.3) is 0 Å². The first-order valence-electron chi connectivity index (χ1n) is 6.49. The first-order valence-corrected chi connectivity index (χ1v) is 7.37. The number of hydrogen-bond acceptors (Lipinski definition) is 4. The Morgan fingerprint density at radius 3 is 2.83 bits per heavy atom. The lowest BCUT2D eigenvalue weighted by Gasteiger charge is -2.07. The van der Waals surface area contributed by atoms with Gasteiger partial charge in [-0.1, -0.05) is 13.8 Å². The summed E-state index contributed by atoms with van der Waals surface area (Å²) in [6.07, 6.45) is 2.31. The van der Waals surface area contributed by atoms with Gasteiger partial charge in [0.25, 0.3) is 0 Å². The summed E-state index contributed by atoms with van der Waals surface area (Å²) >= 11 is 1.65. The zero-order valence-electron chi connectivity index (χ0n) is 11.5. The molecule has 0 radical (unpaired) electrons. The van der Waals surface area contributed by atoms with Crippen molar-refractivity contribution >= 4 is 17.2 Å². The third-order valence-corrected chi connectivity index (χ3v) is 3.49. The molecule has 1 rings (SSSR count). The molecule has 4 nitrogen and oxygen atoms in total. The number of nitrogens with one attached hydrogen (secondary N) is 2. The van der Waals surface area contributed by atoms with Crippen molar-refractivity contribution in [2.24, 2.45) is 0 Å². The highest BCUT2D eigenvalue weighted by Gasteiger charge is 2.02. The topological polar surface area (TPSA) is 54.0 Å². The van der Waals surface area contributed by atoms with Crippen LogP contribution in [0.2, 0.25) is 0 Å². The summed E-state index contributed by atoms with van der Waals surface area (Å²) in [7, 11) is 0. The van der Waals surface area contributed by atoms with Gasteiger partial charge in [0.1, 0.15) is 0 Å². The lowest BCUT2D eigenvalue weighted by Crippen LogP contribution is -2.28. The first-order chi connectivity index (χ1) is 8.58. The average molecular weight is 269 g/mol. The van der Waals surface area contributed by atoms with Crippen molar-refractivity contribution in [1.29, 1.82) is 0 Å². The molecule has 0 spiro atoms. The van der Waals surface area contributed by atoms with Crippen molar-refractivity contribution in [1.82, 2.24) is 15.6 Å². The maximum atomic E-state index is 11.5. The van der Waals surface area contributed by atoms with Gasteiger partial charge in [-0.05, 0) is 19.9 Å². The zero-order chi connectivity index (χ0) is 13.4. The second-order valence-electron chi connectivity index (χ2n) is 4.69. The Morgan fingerprint density at radius 2 is 2.22 bits per heavy atom. The number of aromatic nitrogens is 1. The second-order valence-corrected chi connectivity index (χ2v) is 5.64. The molecule has 0 aliphatic carbocycles. The van der Waals surface area contributed by atoms with Gasteiger partial charge in [-0.2, -0.15) is 0 Å². The molecule has 0 aliphatic rings. The van der Waals surface area contributed by atoms with Crippen LogP contribution in [0.1, 0.15) is 37.4 Å². The molecule has 1 aromatic rings. The zero-order valence-corrected chi connectivity index (χ0v) is 12.3. The van der Waals surface area contributed by atoms with Crippen molar-refractivity contribution in [3.8, 4) is 0 Å². The summed E-state index contributed by atoms with van der Waals surface area (Å²) in [5, 5.41) is 9.35. The molecule has 1 heterocycles. The molecule has 0 fully saturated rings. The lowest BCUT2D eigenvalue weighted by molar-refractivity contribution is -0.121. The predicted molar refractivity (Wildman–Crippen MR) is 75.9 cm³/mol. The van der Waals surface area contributed by atoms with Crippen molar-refractivity contribution in [3.63, 3.8) is 0 Å². The van der Waals surface area contributed by atoms with Crippen LogP contribution in [0, 0.1) is 6.92 Å². The van der Waals surface area contributed by atoms with Gasteiger partial charge < -0.3 is 10.6 Å². The Balaban J connectivity index is 2.03. The SMILES string of the molecule is Cc1csc(CCNC(=O)CCCNC(C)C)n1. The number of aryl methyl sites for hydroxylation is 1. The molecule has 0 aromatic carbocycles. The van der Waals surface area contributed by atoms with E-state index < -0.39 is 0 Å².